The molecule has 0 spiro atoms. The Bertz CT molecular complexity index is 424. The summed E-state index contributed by atoms with van der Waals surface area (Å²) < 4.78 is 6.34. The zero-order valence-corrected chi connectivity index (χ0v) is 14.1. The van der Waals surface area contributed by atoms with E-state index in [2.05, 4.69) is 57.3 Å². The first-order chi connectivity index (χ1) is 10.0. The molecule has 1 fully saturated rings. The molecule has 2 atom stereocenters. The number of benzene rings is 1. The van der Waals surface area contributed by atoms with Gasteiger partial charge in [-0.15, -0.1) is 0 Å². The van der Waals surface area contributed by atoms with Gasteiger partial charge < -0.3 is 10.1 Å². The van der Waals surface area contributed by atoms with Gasteiger partial charge in [-0.2, -0.15) is 0 Å². The lowest BCUT2D eigenvalue weighted by molar-refractivity contribution is 0.0531. The molecule has 118 valence electrons. The van der Waals surface area contributed by atoms with Gasteiger partial charge in [0.1, 0.15) is 11.9 Å². The van der Waals surface area contributed by atoms with E-state index in [1.165, 1.54) is 24.8 Å². The average molecular weight is 289 g/mol. The van der Waals surface area contributed by atoms with Crippen molar-refractivity contribution in [2.24, 2.45) is 5.41 Å². The van der Waals surface area contributed by atoms with Crippen LogP contribution in [0.5, 0.6) is 5.75 Å². The fourth-order valence-electron chi connectivity index (χ4n) is 3.19. The number of hydrogen-bond acceptors (Lipinski definition) is 2. The van der Waals surface area contributed by atoms with Crippen LogP contribution in [0.25, 0.3) is 0 Å². The second-order valence-electron chi connectivity index (χ2n) is 7.12. The SMILES string of the molecule is CCCNC1CCC(C)(C)CC1Oc1ccc(CC)cc1. The Morgan fingerprint density at radius 2 is 1.90 bits per heavy atom. The maximum absolute atomic E-state index is 6.34. The molecule has 0 heterocycles. The summed E-state index contributed by atoms with van der Waals surface area (Å²) in [4.78, 5) is 0. The normalized spacial score (nSPS) is 24.8. The van der Waals surface area contributed by atoms with Crippen LogP contribution in [-0.4, -0.2) is 18.7 Å². The Morgan fingerprint density at radius 3 is 2.52 bits per heavy atom. The largest absolute Gasteiger partial charge is 0.489 e. The fourth-order valence-corrected chi connectivity index (χ4v) is 3.19. The molecule has 1 aromatic rings. The number of nitrogens with one attached hydrogen (secondary N) is 1. The molecule has 2 unspecified atom stereocenters. The molecule has 0 radical (unpaired) electrons. The number of ether oxygens (including phenoxy) is 1. The molecule has 21 heavy (non-hydrogen) atoms. The van der Waals surface area contributed by atoms with Crippen molar-refractivity contribution in [3.8, 4) is 5.75 Å². The van der Waals surface area contributed by atoms with Crippen LogP contribution in [0.2, 0.25) is 0 Å². The summed E-state index contributed by atoms with van der Waals surface area (Å²) in [6.07, 6.45) is 6.17. The summed E-state index contributed by atoms with van der Waals surface area (Å²) in [5.41, 5.74) is 1.75. The maximum Gasteiger partial charge on any atom is 0.119 e. The van der Waals surface area contributed by atoms with Crippen LogP contribution in [0.3, 0.4) is 0 Å². The van der Waals surface area contributed by atoms with E-state index in [0.29, 0.717) is 11.5 Å². The molecule has 0 saturated heterocycles. The molecular formula is C19H31NO. The topological polar surface area (TPSA) is 21.3 Å². The monoisotopic (exact) mass is 289 g/mol. The Labute approximate surface area is 130 Å². The molecule has 1 aliphatic rings. The lowest BCUT2D eigenvalue weighted by Gasteiger charge is -2.41. The van der Waals surface area contributed by atoms with Crippen molar-refractivity contribution in [1.29, 1.82) is 0 Å². The van der Waals surface area contributed by atoms with Gasteiger partial charge >= 0.3 is 0 Å². The molecule has 1 N–H and O–H groups in total. The first-order valence-electron chi connectivity index (χ1n) is 8.53. The van der Waals surface area contributed by atoms with Crippen molar-refractivity contribution >= 4 is 0 Å². The van der Waals surface area contributed by atoms with Gasteiger partial charge in [0.25, 0.3) is 0 Å². The summed E-state index contributed by atoms with van der Waals surface area (Å²) in [6.45, 7) is 10.2. The molecule has 2 rings (SSSR count). The van der Waals surface area contributed by atoms with Gasteiger partial charge in [0, 0.05) is 6.04 Å². The molecule has 1 saturated carbocycles. The second kappa shape index (κ2) is 7.31. The smallest absolute Gasteiger partial charge is 0.119 e. The first kappa shape index (κ1) is 16.4. The predicted octanol–water partition coefficient (Wildman–Crippen LogP) is 4.57. The lowest BCUT2D eigenvalue weighted by atomic mass is 9.74. The highest BCUT2D eigenvalue weighted by molar-refractivity contribution is 5.27. The van der Waals surface area contributed by atoms with Crippen LogP contribution in [0, 0.1) is 5.41 Å². The van der Waals surface area contributed by atoms with Crippen LogP contribution in [0.1, 0.15) is 58.9 Å². The average Bonchev–Trinajstić information content (AvgIpc) is 2.47. The van der Waals surface area contributed by atoms with Crippen LogP contribution in [0.4, 0.5) is 0 Å². The molecule has 2 heteroatoms. The molecule has 1 aromatic carbocycles. The van der Waals surface area contributed by atoms with Crippen molar-refractivity contribution in [2.75, 3.05) is 6.54 Å². The summed E-state index contributed by atoms with van der Waals surface area (Å²) in [6, 6.07) is 9.09. The summed E-state index contributed by atoms with van der Waals surface area (Å²) in [5.74, 6) is 1.01. The van der Waals surface area contributed by atoms with Crippen LogP contribution >= 0.6 is 0 Å². The zero-order chi connectivity index (χ0) is 15.3. The highest BCUT2D eigenvalue weighted by Gasteiger charge is 2.35. The third-order valence-electron chi connectivity index (χ3n) is 4.61. The van der Waals surface area contributed by atoms with Gasteiger partial charge in [-0.25, -0.2) is 0 Å². The van der Waals surface area contributed by atoms with Gasteiger partial charge in [0.05, 0.1) is 0 Å². The number of aryl methyl sites for hydroxylation is 1. The van der Waals surface area contributed by atoms with Crippen LogP contribution in [0.15, 0.2) is 24.3 Å². The van der Waals surface area contributed by atoms with E-state index in [0.717, 1.165) is 25.1 Å². The van der Waals surface area contributed by atoms with E-state index in [1.807, 2.05) is 0 Å². The van der Waals surface area contributed by atoms with Crippen LogP contribution < -0.4 is 10.1 Å². The van der Waals surface area contributed by atoms with Crippen molar-refractivity contribution < 1.29 is 4.74 Å². The molecular weight excluding hydrogens is 258 g/mol. The van der Waals surface area contributed by atoms with Crippen molar-refractivity contribution in [3.05, 3.63) is 29.8 Å². The van der Waals surface area contributed by atoms with E-state index in [4.69, 9.17) is 4.74 Å². The number of rotatable bonds is 6. The minimum absolute atomic E-state index is 0.285. The van der Waals surface area contributed by atoms with E-state index in [9.17, 15) is 0 Å². The van der Waals surface area contributed by atoms with E-state index in [-0.39, 0.29) is 6.10 Å². The van der Waals surface area contributed by atoms with Gasteiger partial charge in [0.2, 0.25) is 0 Å². The summed E-state index contributed by atoms with van der Waals surface area (Å²) in [5, 5.41) is 3.68. The standard InChI is InChI=1S/C19H31NO/c1-5-13-20-17-11-12-19(3,4)14-18(17)21-16-9-7-15(6-2)8-10-16/h7-10,17-18,20H,5-6,11-14H2,1-4H3. The third-order valence-corrected chi connectivity index (χ3v) is 4.61. The second-order valence-corrected chi connectivity index (χ2v) is 7.12. The highest BCUT2D eigenvalue weighted by Crippen LogP contribution is 2.37. The Morgan fingerprint density at radius 1 is 1.19 bits per heavy atom. The highest BCUT2D eigenvalue weighted by atomic mass is 16.5. The minimum Gasteiger partial charge on any atom is -0.489 e. The van der Waals surface area contributed by atoms with E-state index < -0.39 is 0 Å². The maximum atomic E-state index is 6.34. The fraction of sp³-hybridized carbons (Fsp3) is 0.684. The Balaban J connectivity index is 2.03. The Kier molecular flexibility index (Phi) is 5.69. The van der Waals surface area contributed by atoms with E-state index >= 15 is 0 Å². The van der Waals surface area contributed by atoms with Gasteiger partial charge in [-0.1, -0.05) is 39.8 Å². The minimum atomic E-state index is 0.285. The summed E-state index contributed by atoms with van der Waals surface area (Å²) in [7, 11) is 0. The van der Waals surface area contributed by atoms with Crippen molar-refractivity contribution in [1.82, 2.24) is 5.32 Å². The zero-order valence-electron chi connectivity index (χ0n) is 14.1. The van der Waals surface area contributed by atoms with Gasteiger partial charge in [-0.3, -0.25) is 0 Å². The molecule has 0 aromatic heterocycles. The van der Waals surface area contributed by atoms with E-state index in [1.54, 1.807) is 0 Å². The summed E-state index contributed by atoms with van der Waals surface area (Å²) >= 11 is 0. The van der Waals surface area contributed by atoms with Crippen molar-refractivity contribution in [3.63, 3.8) is 0 Å². The molecule has 0 aliphatic heterocycles. The Hall–Kier alpha value is -1.02. The molecule has 2 nitrogen and oxygen atoms in total. The molecule has 1 aliphatic carbocycles. The predicted molar refractivity (Wildman–Crippen MR) is 89.9 cm³/mol. The van der Waals surface area contributed by atoms with Gasteiger partial charge in [-0.05, 0) is 61.8 Å². The molecule has 0 amide bonds. The number of hydrogen-bond donors (Lipinski definition) is 1. The lowest BCUT2D eigenvalue weighted by Crippen LogP contribution is -2.49. The third kappa shape index (κ3) is 4.74. The van der Waals surface area contributed by atoms with Crippen LogP contribution in [-0.2, 0) is 6.42 Å². The molecule has 0 bridgehead atoms. The first-order valence-corrected chi connectivity index (χ1v) is 8.53. The van der Waals surface area contributed by atoms with Gasteiger partial charge in [0.15, 0.2) is 0 Å². The van der Waals surface area contributed by atoms with Crippen molar-refractivity contribution in [2.45, 2.75) is 71.9 Å². The quantitative estimate of drug-likeness (QED) is 0.828.